The summed E-state index contributed by atoms with van der Waals surface area (Å²) in [7, 11) is 0. The summed E-state index contributed by atoms with van der Waals surface area (Å²) >= 11 is 0. The smallest absolute Gasteiger partial charge is 0.371 e. The number of halogens is 3. The number of hydrogen-bond acceptors (Lipinski definition) is 4. The van der Waals surface area contributed by atoms with Crippen molar-refractivity contribution in [1.82, 2.24) is 5.32 Å². The highest BCUT2D eigenvalue weighted by Crippen LogP contribution is 2.21. The Kier molecular flexibility index (Phi) is 6.57. The molecular formula is C13H17F3N2O3. The molecule has 118 valence electrons. The maximum absolute atomic E-state index is 11.9. The molecule has 0 aromatic heterocycles. The average molecular weight is 306 g/mol. The van der Waals surface area contributed by atoms with Gasteiger partial charge in [0, 0.05) is 24.7 Å². The minimum Gasteiger partial charge on any atom is -0.371 e. The Morgan fingerprint density at radius 3 is 2.71 bits per heavy atom. The van der Waals surface area contributed by atoms with Crippen molar-refractivity contribution in [3.05, 3.63) is 39.9 Å². The summed E-state index contributed by atoms with van der Waals surface area (Å²) in [6.45, 7) is 0.761. The van der Waals surface area contributed by atoms with E-state index in [0.717, 1.165) is 5.56 Å². The maximum atomic E-state index is 11.9. The van der Waals surface area contributed by atoms with E-state index in [1.165, 1.54) is 12.1 Å². The molecule has 8 heteroatoms. The first-order chi connectivity index (χ1) is 9.83. The van der Waals surface area contributed by atoms with Crippen LogP contribution in [0.25, 0.3) is 0 Å². The summed E-state index contributed by atoms with van der Waals surface area (Å²) in [6.07, 6.45) is -3.68. The average Bonchev–Trinajstić information content (AvgIpc) is 2.41. The second-order valence-electron chi connectivity index (χ2n) is 4.43. The first kappa shape index (κ1) is 17.4. The molecule has 1 N–H and O–H groups in total. The minimum absolute atomic E-state index is 0.0129. The second kappa shape index (κ2) is 7.94. The quantitative estimate of drug-likeness (QED) is 0.455. The zero-order chi connectivity index (χ0) is 15.9. The van der Waals surface area contributed by atoms with E-state index in [0.29, 0.717) is 6.42 Å². The molecule has 0 aliphatic rings. The van der Waals surface area contributed by atoms with Crippen LogP contribution in [0.5, 0.6) is 0 Å². The highest BCUT2D eigenvalue weighted by atomic mass is 19.4. The van der Waals surface area contributed by atoms with Gasteiger partial charge in [-0.3, -0.25) is 10.1 Å². The summed E-state index contributed by atoms with van der Waals surface area (Å²) in [5.74, 6) is 0. The molecule has 0 saturated carbocycles. The van der Waals surface area contributed by atoms with Gasteiger partial charge in [0.15, 0.2) is 0 Å². The van der Waals surface area contributed by atoms with Gasteiger partial charge in [-0.25, -0.2) is 0 Å². The van der Waals surface area contributed by atoms with Crippen molar-refractivity contribution in [2.45, 2.75) is 25.6 Å². The molecule has 1 rings (SSSR count). The molecule has 0 aliphatic heterocycles. The molecule has 1 atom stereocenters. The third-order valence-corrected chi connectivity index (χ3v) is 2.79. The molecule has 0 aliphatic carbocycles. The van der Waals surface area contributed by atoms with Gasteiger partial charge >= 0.3 is 6.18 Å². The van der Waals surface area contributed by atoms with Crippen LogP contribution in [0.1, 0.15) is 24.9 Å². The van der Waals surface area contributed by atoms with Gasteiger partial charge in [-0.1, -0.05) is 19.1 Å². The van der Waals surface area contributed by atoms with Gasteiger partial charge in [0.1, 0.15) is 6.61 Å². The predicted molar refractivity (Wildman–Crippen MR) is 71.0 cm³/mol. The van der Waals surface area contributed by atoms with Gasteiger partial charge in [0.2, 0.25) is 0 Å². The second-order valence-corrected chi connectivity index (χ2v) is 4.43. The van der Waals surface area contributed by atoms with E-state index in [-0.39, 0.29) is 24.9 Å². The van der Waals surface area contributed by atoms with E-state index in [4.69, 9.17) is 0 Å². The van der Waals surface area contributed by atoms with Crippen molar-refractivity contribution in [3.63, 3.8) is 0 Å². The van der Waals surface area contributed by atoms with E-state index in [9.17, 15) is 23.3 Å². The van der Waals surface area contributed by atoms with Gasteiger partial charge in [-0.05, 0) is 12.0 Å². The van der Waals surface area contributed by atoms with Crippen LogP contribution in [0.15, 0.2) is 24.3 Å². The molecule has 0 amide bonds. The van der Waals surface area contributed by atoms with Crippen molar-refractivity contribution >= 4 is 5.69 Å². The fourth-order valence-corrected chi connectivity index (χ4v) is 1.85. The van der Waals surface area contributed by atoms with Crippen LogP contribution in [0.3, 0.4) is 0 Å². The molecule has 1 unspecified atom stereocenters. The monoisotopic (exact) mass is 306 g/mol. The molecular weight excluding hydrogens is 289 g/mol. The summed E-state index contributed by atoms with van der Waals surface area (Å²) in [6, 6.07) is 6.00. The topological polar surface area (TPSA) is 64.4 Å². The van der Waals surface area contributed by atoms with Crippen LogP contribution in [-0.4, -0.2) is 30.9 Å². The Bertz CT molecular complexity index is 466. The van der Waals surface area contributed by atoms with Gasteiger partial charge in [-0.2, -0.15) is 13.2 Å². The zero-order valence-corrected chi connectivity index (χ0v) is 11.5. The van der Waals surface area contributed by atoms with Crippen LogP contribution in [0, 0.1) is 10.1 Å². The van der Waals surface area contributed by atoms with Crippen LogP contribution in [-0.2, 0) is 4.74 Å². The lowest BCUT2D eigenvalue weighted by Crippen LogP contribution is -2.27. The Labute approximate surface area is 120 Å². The van der Waals surface area contributed by atoms with Crippen molar-refractivity contribution < 1.29 is 22.8 Å². The Hall–Kier alpha value is -1.67. The molecule has 1 aromatic carbocycles. The standard InChI is InChI=1S/C13H17F3N2O3/c1-2-12(17-6-7-21-9-13(14,15)16)10-4-3-5-11(8-10)18(19)20/h3-5,8,12,17H,2,6-7,9H2,1H3. The van der Waals surface area contributed by atoms with Crippen molar-refractivity contribution in [2.75, 3.05) is 19.8 Å². The first-order valence-corrected chi connectivity index (χ1v) is 6.45. The van der Waals surface area contributed by atoms with E-state index in [2.05, 4.69) is 10.1 Å². The zero-order valence-electron chi connectivity index (χ0n) is 11.5. The molecule has 0 saturated heterocycles. The number of alkyl halides is 3. The molecule has 21 heavy (non-hydrogen) atoms. The summed E-state index contributed by atoms with van der Waals surface area (Å²) in [4.78, 5) is 10.2. The van der Waals surface area contributed by atoms with Crippen LogP contribution < -0.4 is 5.32 Å². The predicted octanol–water partition coefficient (Wildman–Crippen LogP) is 3.21. The van der Waals surface area contributed by atoms with E-state index < -0.39 is 17.7 Å². The number of non-ortho nitro benzene ring substituents is 1. The highest BCUT2D eigenvalue weighted by molar-refractivity contribution is 5.35. The van der Waals surface area contributed by atoms with Crippen molar-refractivity contribution in [1.29, 1.82) is 0 Å². The summed E-state index contributed by atoms with van der Waals surface area (Å²) in [5, 5.41) is 13.7. The molecule has 0 fully saturated rings. The van der Waals surface area contributed by atoms with Gasteiger partial charge in [-0.15, -0.1) is 0 Å². The molecule has 0 spiro atoms. The van der Waals surface area contributed by atoms with Crippen LogP contribution >= 0.6 is 0 Å². The number of nitro groups is 1. The lowest BCUT2D eigenvalue weighted by Gasteiger charge is -2.17. The number of benzene rings is 1. The maximum Gasteiger partial charge on any atom is 0.411 e. The molecule has 0 bridgehead atoms. The first-order valence-electron chi connectivity index (χ1n) is 6.45. The Morgan fingerprint density at radius 2 is 2.14 bits per heavy atom. The number of nitrogens with zero attached hydrogens (tertiary/aromatic N) is 1. The third-order valence-electron chi connectivity index (χ3n) is 2.79. The van der Waals surface area contributed by atoms with Gasteiger partial charge in [0.05, 0.1) is 11.5 Å². The fraction of sp³-hybridized carbons (Fsp3) is 0.538. The summed E-state index contributed by atoms with van der Waals surface area (Å²) < 4.78 is 40.1. The van der Waals surface area contributed by atoms with Gasteiger partial charge in [0.25, 0.3) is 5.69 Å². The van der Waals surface area contributed by atoms with Crippen LogP contribution in [0.4, 0.5) is 18.9 Å². The van der Waals surface area contributed by atoms with Gasteiger partial charge < -0.3 is 10.1 Å². The number of nitro benzene ring substituents is 1. The minimum atomic E-state index is -4.33. The molecule has 1 aromatic rings. The molecule has 5 nitrogen and oxygen atoms in total. The van der Waals surface area contributed by atoms with Crippen molar-refractivity contribution in [2.24, 2.45) is 0 Å². The highest BCUT2D eigenvalue weighted by Gasteiger charge is 2.27. The van der Waals surface area contributed by atoms with Crippen molar-refractivity contribution in [3.8, 4) is 0 Å². The van der Waals surface area contributed by atoms with E-state index in [1.54, 1.807) is 12.1 Å². The molecule has 0 radical (unpaired) electrons. The number of rotatable bonds is 8. The number of hydrogen-bond donors (Lipinski definition) is 1. The third kappa shape index (κ3) is 6.54. The fourth-order valence-electron chi connectivity index (χ4n) is 1.85. The van der Waals surface area contributed by atoms with E-state index in [1.807, 2.05) is 6.92 Å². The summed E-state index contributed by atoms with van der Waals surface area (Å²) in [5.41, 5.74) is 0.712. The number of ether oxygens (including phenoxy) is 1. The number of nitrogens with one attached hydrogen (secondary N) is 1. The van der Waals surface area contributed by atoms with Crippen LogP contribution in [0.2, 0.25) is 0 Å². The Morgan fingerprint density at radius 1 is 1.43 bits per heavy atom. The lowest BCUT2D eigenvalue weighted by molar-refractivity contribution is -0.384. The SMILES string of the molecule is CCC(NCCOCC(F)(F)F)c1cccc([N+](=O)[O-])c1. The Balaban J connectivity index is 2.48. The van der Waals surface area contributed by atoms with E-state index >= 15 is 0 Å². The molecule has 0 heterocycles. The lowest BCUT2D eigenvalue weighted by atomic mass is 10.0. The largest absolute Gasteiger partial charge is 0.411 e. The normalized spacial score (nSPS) is 13.1.